The summed E-state index contributed by atoms with van der Waals surface area (Å²) in [7, 11) is -3.37. The van der Waals surface area contributed by atoms with Gasteiger partial charge in [0.1, 0.15) is 11.3 Å². The van der Waals surface area contributed by atoms with Crippen molar-refractivity contribution in [2.24, 2.45) is 0 Å². The van der Waals surface area contributed by atoms with Gasteiger partial charge in [0.05, 0.1) is 28.7 Å². The Bertz CT molecular complexity index is 2830. The normalized spacial score (nSPS) is 19.1. The average molecular weight is 904 g/mol. The minimum absolute atomic E-state index is 0.0338. The molecule has 15 nitrogen and oxygen atoms in total. The Balaban J connectivity index is 0.000000172. The molecule has 2 fully saturated rings. The lowest BCUT2D eigenvalue weighted by molar-refractivity contribution is 0.0923. The lowest BCUT2D eigenvalue weighted by atomic mass is 9.90. The van der Waals surface area contributed by atoms with E-state index in [1.807, 2.05) is 18.2 Å². The highest BCUT2D eigenvalue weighted by Crippen LogP contribution is 2.31. The number of sulfonamides is 1. The molecule has 9 rings (SSSR count). The van der Waals surface area contributed by atoms with Crippen LogP contribution in [-0.4, -0.2) is 84.6 Å². The molecule has 62 heavy (non-hydrogen) atoms. The number of pyridine rings is 2. The molecule has 0 bridgehead atoms. The number of amides is 1. The third-order valence-corrected chi connectivity index (χ3v) is 12.0. The Morgan fingerprint density at radius 1 is 0.677 bits per heavy atom. The molecular formula is C42H42Cl2F2N12O3S. The first-order valence-electron chi connectivity index (χ1n) is 20.1. The Kier molecular flexibility index (Phi) is 12.9. The second-order valence-corrected chi connectivity index (χ2v) is 18.0. The van der Waals surface area contributed by atoms with Crippen LogP contribution in [0.25, 0.3) is 44.8 Å². The van der Waals surface area contributed by atoms with Crippen molar-refractivity contribution in [2.75, 3.05) is 16.9 Å². The van der Waals surface area contributed by atoms with Crippen LogP contribution < -0.4 is 20.7 Å². The number of hydrogen-bond donors (Lipinski definition) is 6. The van der Waals surface area contributed by atoms with Gasteiger partial charge in [-0.3, -0.25) is 4.79 Å². The van der Waals surface area contributed by atoms with E-state index in [-0.39, 0.29) is 41.7 Å². The summed E-state index contributed by atoms with van der Waals surface area (Å²) in [5.74, 6) is -0.479. The minimum atomic E-state index is -3.37. The van der Waals surface area contributed by atoms with Crippen LogP contribution in [0.15, 0.2) is 79.6 Å². The third kappa shape index (κ3) is 10.1. The third-order valence-electron chi connectivity index (χ3n) is 10.9. The molecule has 0 aliphatic heterocycles. The molecule has 7 aromatic rings. The number of fused-ring (bicyclic) bond motifs is 2. The number of nitrogens with one attached hydrogen (secondary N) is 6. The summed E-state index contributed by atoms with van der Waals surface area (Å²) in [6, 6.07) is 11.7. The monoisotopic (exact) mass is 902 g/mol. The molecule has 0 saturated heterocycles. The number of aromatic nitrogens is 8. The van der Waals surface area contributed by atoms with Crippen LogP contribution in [0.4, 0.5) is 20.4 Å². The molecular weight excluding hydrogens is 862 g/mol. The van der Waals surface area contributed by atoms with E-state index in [1.165, 1.54) is 6.20 Å². The van der Waals surface area contributed by atoms with E-state index in [1.54, 1.807) is 42.9 Å². The summed E-state index contributed by atoms with van der Waals surface area (Å²) in [4.78, 5) is 44.3. The summed E-state index contributed by atoms with van der Waals surface area (Å²) in [6.45, 7) is 0. The van der Waals surface area contributed by atoms with E-state index in [9.17, 15) is 22.0 Å². The van der Waals surface area contributed by atoms with Gasteiger partial charge in [-0.2, -0.15) is 0 Å². The number of nitrogens with zero attached hydrogens (tertiary/aromatic N) is 6. The first-order chi connectivity index (χ1) is 29.9. The number of H-pyrrole nitrogens is 2. The van der Waals surface area contributed by atoms with Crippen LogP contribution >= 0.6 is 23.2 Å². The molecule has 0 radical (unpaired) electrons. The van der Waals surface area contributed by atoms with Crippen molar-refractivity contribution >= 4 is 72.8 Å². The van der Waals surface area contributed by atoms with Crippen LogP contribution in [0.5, 0.6) is 0 Å². The number of halogens is 4. The smallest absolute Gasteiger partial charge is 0.251 e. The van der Waals surface area contributed by atoms with Gasteiger partial charge < -0.3 is 25.9 Å². The van der Waals surface area contributed by atoms with Gasteiger partial charge in [0.15, 0.2) is 34.9 Å². The van der Waals surface area contributed by atoms with Gasteiger partial charge in [0.25, 0.3) is 5.91 Å². The Morgan fingerprint density at radius 3 is 1.65 bits per heavy atom. The number of benzene rings is 1. The fourth-order valence-electron chi connectivity index (χ4n) is 7.91. The van der Waals surface area contributed by atoms with Crippen molar-refractivity contribution in [3.8, 4) is 22.8 Å². The molecule has 20 heteroatoms. The maximum absolute atomic E-state index is 14.7. The molecule has 2 aliphatic carbocycles. The van der Waals surface area contributed by atoms with Gasteiger partial charge in [-0.05, 0) is 49.9 Å². The molecule has 6 heterocycles. The Hall–Kier alpha value is -5.82. The fourth-order valence-corrected chi connectivity index (χ4v) is 9.06. The van der Waals surface area contributed by atoms with E-state index in [0.29, 0.717) is 62.5 Å². The molecule has 1 aromatic carbocycles. The number of carbonyl (C=O) groups excluding carboxylic acids is 1. The minimum Gasteiger partial charge on any atom is -0.363 e. The maximum Gasteiger partial charge on any atom is 0.251 e. The van der Waals surface area contributed by atoms with E-state index in [2.05, 4.69) is 60.5 Å². The average Bonchev–Trinajstić information content (AvgIpc) is 3.88. The van der Waals surface area contributed by atoms with Crippen molar-refractivity contribution in [3.05, 3.63) is 107 Å². The van der Waals surface area contributed by atoms with Gasteiger partial charge >= 0.3 is 0 Å². The molecule has 2 unspecified atom stereocenters. The van der Waals surface area contributed by atoms with Crippen molar-refractivity contribution < 1.29 is 22.0 Å². The molecule has 6 aromatic heterocycles. The van der Waals surface area contributed by atoms with Crippen LogP contribution in [0.1, 0.15) is 61.7 Å². The Morgan fingerprint density at radius 2 is 1.15 bits per heavy atom. The molecule has 0 spiro atoms. The van der Waals surface area contributed by atoms with E-state index < -0.39 is 21.7 Å². The molecule has 2 saturated carbocycles. The highest BCUT2D eigenvalue weighted by atomic mass is 35.5. The predicted octanol–water partition coefficient (Wildman–Crippen LogP) is 8.05. The first-order valence-corrected chi connectivity index (χ1v) is 22.7. The lowest BCUT2D eigenvalue weighted by Gasteiger charge is -2.33. The largest absolute Gasteiger partial charge is 0.363 e. The van der Waals surface area contributed by atoms with Gasteiger partial charge in [-0.15, -0.1) is 0 Å². The number of rotatable bonds is 10. The van der Waals surface area contributed by atoms with Gasteiger partial charge in [0.2, 0.25) is 10.0 Å². The lowest BCUT2D eigenvalue weighted by Crippen LogP contribution is -2.48. The van der Waals surface area contributed by atoms with Gasteiger partial charge in [-0.1, -0.05) is 67.1 Å². The first kappa shape index (κ1) is 42.9. The standard InChI is InChI=1S/C24H22ClFN6O.C18H20ClFN6O2S/c25-15-10-16-17(12-28-21(16)27-11-15)22-29-13-18(26)23(32-22)30-19-8-4-5-9-20(19)31-24(33)14-6-2-1-3-7-14;1-29(27,28)26-15-5-3-2-4-14(15)24-18-13(20)9-23-17(25-18)12-8-22-16-11(12)6-10(19)7-21-16/h1-3,6-7,10-13,19-20H,4-5,8-9H2,(H,27,28)(H,31,33)(H,29,30,32);6-9,14-15,26H,2-5H2,1H3,(H,21,22)(H,23,24,25)/t19?,20-;14?,15-/m11/s1. The van der Waals surface area contributed by atoms with Crippen molar-refractivity contribution in [1.29, 1.82) is 0 Å². The zero-order valence-corrected chi connectivity index (χ0v) is 35.6. The van der Waals surface area contributed by atoms with Crippen molar-refractivity contribution in [3.63, 3.8) is 0 Å². The van der Waals surface area contributed by atoms with Gasteiger partial charge in [0, 0.05) is 76.4 Å². The molecule has 4 atom stereocenters. The zero-order chi connectivity index (χ0) is 43.4. The van der Waals surface area contributed by atoms with E-state index in [0.717, 1.165) is 67.9 Å². The number of aromatic amines is 2. The molecule has 322 valence electrons. The highest BCUT2D eigenvalue weighted by molar-refractivity contribution is 7.88. The fraction of sp³-hybridized carbons (Fsp3) is 0.310. The summed E-state index contributed by atoms with van der Waals surface area (Å²) in [5.41, 5.74) is 3.20. The van der Waals surface area contributed by atoms with E-state index in [4.69, 9.17) is 23.2 Å². The molecule has 6 N–H and O–H groups in total. The second-order valence-electron chi connectivity index (χ2n) is 15.3. The SMILES string of the molecule is CS(=O)(=O)N[C@@H]1CCCCC1Nc1nc(-c2c[nH]c3ncc(Cl)cc23)ncc1F.O=C(N[C@@H]1CCCCC1Nc1nc(-c2c[nH]c3ncc(Cl)cc23)ncc1F)c1ccccc1. The van der Waals surface area contributed by atoms with Crippen LogP contribution in [0, 0.1) is 11.6 Å². The van der Waals surface area contributed by atoms with Crippen molar-refractivity contribution in [1.82, 2.24) is 49.9 Å². The number of carbonyl (C=O) groups is 1. The summed E-state index contributed by atoms with van der Waals surface area (Å²) in [5, 5.41) is 11.8. The molecule has 2 aliphatic rings. The number of anilines is 2. The quantitative estimate of drug-likeness (QED) is 0.0774. The van der Waals surface area contributed by atoms with E-state index >= 15 is 0 Å². The van der Waals surface area contributed by atoms with Crippen LogP contribution in [0.2, 0.25) is 10.0 Å². The summed E-state index contributed by atoms with van der Waals surface area (Å²) in [6.07, 6.45) is 16.7. The van der Waals surface area contributed by atoms with Gasteiger partial charge in [-0.25, -0.2) is 51.8 Å². The maximum atomic E-state index is 14.7. The Labute approximate surface area is 365 Å². The summed E-state index contributed by atoms with van der Waals surface area (Å²) >= 11 is 12.1. The topological polar surface area (TPSA) is 208 Å². The highest BCUT2D eigenvalue weighted by Gasteiger charge is 2.30. The predicted molar refractivity (Wildman–Crippen MR) is 235 cm³/mol. The number of hydrogen-bond acceptors (Lipinski definition) is 11. The molecule has 1 amide bonds. The zero-order valence-electron chi connectivity index (χ0n) is 33.3. The second kappa shape index (κ2) is 18.7. The van der Waals surface area contributed by atoms with Crippen LogP contribution in [0.3, 0.4) is 0 Å². The van der Waals surface area contributed by atoms with Crippen molar-refractivity contribution in [2.45, 2.75) is 75.5 Å². The van der Waals surface area contributed by atoms with Crippen LogP contribution in [-0.2, 0) is 10.0 Å². The summed E-state index contributed by atoms with van der Waals surface area (Å²) < 4.78 is 55.1.